The van der Waals surface area contributed by atoms with E-state index < -0.39 is 0 Å². The number of hydrogen-bond acceptors (Lipinski definition) is 4. The van der Waals surface area contributed by atoms with Gasteiger partial charge in [-0.2, -0.15) is 0 Å². The van der Waals surface area contributed by atoms with Crippen LogP contribution >= 0.6 is 0 Å². The van der Waals surface area contributed by atoms with Crippen molar-refractivity contribution in [2.45, 2.75) is 38.8 Å². The fraction of sp³-hybridized carbons (Fsp3) is 0.296. The van der Waals surface area contributed by atoms with E-state index in [0.29, 0.717) is 12.1 Å². The number of H-pyrrole nitrogens is 1. The first-order chi connectivity index (χ1) is 16.2. The lowest BCUT2D eigenvalue weighted by Gasteiger charge is -2.32. The second-order valence-electron chi connectivity index (χ2n) is 8.87. The molecule has 1 saturated heterocycles. The molecule has 5 rings (SSSR count). The number of piperidine rings is 1. The van der Waals surface area contributed by atoms with Crippen LogP contribution in [0.15, 0.2) is 67.0 Å². The van der Waals surface area contributed by atoms with Crippen molar-refractivity contribution in [2.75, 3.05) is 13.1 Å². The molecule has 0 saturated carbocycles. The highest BCUT2D eigenvalue weighted by Gasteiger charge is 2.24. The fourth-order valence-corrected chi connectivity index (χ4v) is 4.65. The lowest BCUT2D eigenvalue weighted by Crippen LogP contribution is -2.34. The van der Waals surface area contributed by atoms with E-state index in [2.05, 4.69) is 44.5 Å². The summed E-state index contributed by atoms with van der Waals surface area (Å²) in [5, 5.41) is 4.22. The highest BCUT2D eigenvalue weighted by Crippen LogP contribution is 2.26. The van der Waals surface area contributed by atoms with Crippen LogP contribution in [-0.4, -0.2) is 38.8 Å². The maximum absolute atomic E-state index is 12.7. The lowest BCUT2D eigenvalue weighted by molar-refractivity contribution is 0.0949. The molecule has 3 heterocycles. The summed E-state index contributed by atoms with van der Waals surface area (Å²) < 4.78 is 0. The standard InChI is InChI=1S/C27H29N5O/c1-19-24(27(33)30-15-20-6-3-2-4-7-20)16-29-26(31-19)23-8-5-13-32(18-23)17-21-9-10-25-22(14-21)11-12-28-25/h2-4,6-7,9-12,14,16,23,28H,5,8,13,15,17-18H2,1H3,(H,30,33)/t23-/m0/s1. The molecule has 1 aliphatic heterocycles. The van der Waals surface area contributed by atoms with Crippen LogP contribution in [0.1, 0.15) is 51.8 Å². The Morgan fingerprint density at radius 2 is 2.03 bits per heavy atom. The summed E-state index contributed by atoms with van der Waals surface area (Å²) >= 11 is 0. The van der Waals surface area contributed by atoms with E-state index in [1.54, 1.807) is 6.20 Å². The number of aryl methyl sites for hydroxylation is 1. The maximum atomic E-state index is 12.7. The van der Waals surface area contributed by atoms with Gasteiger partial charge in [-0.1, -0.05) is 36.4 Å². The Morgan fingerprint density at radius 3 is 2.88 bits per heavy atom. The molecule has 2 aromatic heterocycles. The van der Waals surface area contributed by atoms with Crippen molar-refractivity contribution in [1.82, 2.24) is 25.2 Å². The normalized spacial score (nSPS) is 16.7. The number of amides is 1. The number of aromatic nitrogens is 3. The van der Waals surface area contributed by atoms with Crippen molar-refractivity contribution in [1.29, 1.82) is 0 Å². The van der Waals surface area contributed by atoms with Crippen LogP contribution in [0.2, 0.25) is 0 Å². The van der Waals surface area contributed by atoms with E-state index in [1.165, 1.54) is 16.5 Å². The molecule has 0 radical (unpaired) electrons. The van der Waals surface area contributed by atoms with Gasteiger partial charge in [0.2, 0.25) is 0 Å². The summed E-state index contributed by atoms with van der Waals surface area (Å²) in [5.74, 6) is 1.00. The van der Waals surface area contributed by atoms with Crippen LogP contribution in [0, 0.1) is 6.92 Å². The van der Waals surface area contributed by atoms with E-state index >= 15 is 0 Å². The topological polar surface area (TPSA) is 73.9 Å². The Kier molecular flexibility index (Phi) is 6.17. The third-order valence-electron chi connectivity index (χ3n) is 6.43. The van der Waals surface area contributed by atoms with Gasteiger partial charge in [0.15, 0.2) is 0 Å². The van der Waals surface area contributed by atoms with Crippen LogP contribution in [0.3, 0.4) is 0 Å². The Labute approximate surface area is 194 Å². The van der Waals surface area contributed by atoms with Gasteiger partial charge in [-0.15, -0.1) is 0 Å². The first-order valence-corrected chi connectivity index (χ1v) is 11.6. The summed E-state index contributed by atoms with van der Waals surface area (Å²) in [6.07, 6.45) is 5.87. The second-order valence-corrected chi connectivity index (χ2v) is 8.87. The number of nitrogens with one attached hydrogen (secondary N) is 2. The van der Waals surface area contributed by atoms with Crippen LogP contribution in [0.5, 0.6) is 0 Å². The quantitative estimate of drug-likeness (QED) is 0.461. The molecule has 6 heteroatoms. The van der Waals surface area contributed by atoms with Gasteiger partial charge in [0.1, 0.15) is 5.82 Å². The first-order valence-electron chi connectivity index (χ1n) is 11.6. The van der Waals surface area contributed by atoms with E-state index in [1.807, 2.05) is 43.5 Å². The summed E-state index contributed by atoms with van der Waals surface area (Å²) in [6, 6.07) is 18.6. The molecule has 6 nitrogen and oxygen atoms in total. The van der Waals surface area contributed by atoms with Crippen molar-refractivity contribution in [3.8, 4) is 0 Å². The Hall–Kier alpha value is -3.51. The summed E-state index contributed by atoms with van der Waals surface area (Å²) in [6.45, 7) is 5.34. The fourth-order valence-electron chi connectivity index (χ4n) is 4.65. The van der Waals surface area contributed by atoms with Crippen LogP contribution in [0.4, 0.5) is 0 Å². The van der Waals surface area contributed by atoms with Gasteiger partial charge in [-0.05, 0) is 61.0 Å². The number of aromatic amines is 1. The number of benzene rings is 2. The Balaban J connectivity index is 1.23. The number of rotatable bonds is 6. The third-order valence-corrected chi connectivity index (χ3v) is 6.43. The van der Waals surface area contributed by atoms with E-state index in [0.717, 1.165) is 49.6 Å². The number of likely N-dealkylation sites (tertiary alicyclic amines) is 1. The first kappa shape index (κ1) is 21.3. The maximum Gasteiger partial charge on any atom is 0.254 e. The summed E-state index contributed by atoms with van der Waals surface area (Å²) in [4.78, 5) is 27.8. The molecule has 0 aliphatic carbocycles. The van der Waals surface area contributed by atoms with Crippen LogP contribution in [0.25, 0.3) is 10.9 Å². The van der Waals surface area contributed by atoms with Gasteiger partial charge in [0, 0.05) is 43.5 Å². The smallest absolute Gasteiger partial charge is 0.254 e. The van der Waals surface area contributed by atoms with Gasteiger partial charge in [0.05, 0.1) is 11.3 Å². The molecule has 0 unspecified atom stereocenters. The Bertz CT molecular complexity index is 1250. The third kappa shape index (κ3) is 4.96. The van der Waals surface area contributed by atoms with Crippen molar-refractivity contribution < 1.29 is 4.79 Å². The van der Waals surface area contributed by atoms with Gasteiger partial charge >= 0.3 is 0 Å². The zero-order valence-corrected chi connectivity index (χ0v) is 18.9. The van der Waals surface area contributed by atoms with E-state index in [9.17, 15) is 4.79 Å². The van der Waals surface area contributed by atoms with Crippen molar-refractivity contribution in [3.05, 3.63) is 95.2 Å². The molecular weight excluding hydrogens is 410 g/mol. The number of carbonyl (C=O) groups excluding carboxylic acids is 1. The highest BCUT2D eigenvalue weighted by molar-refractivity contribution is 5.94. The zero-order valence-electron chi connectivity index (χ0n) is 18.9. The largest absolute Gasteiger partial charge is 0.361 e. The van der Waals surface area contributed by atoms with Gasteiger partial charge in [-0.3, -0.25) is 9.69 Å². The van der Waals surface area contributed by atoms with Crippen molar-refractivity contribution >= 4 is 16.8 Å². The number of nitrogens with zero attached hydrogens (tertiary/aromatic N) is 3. The summed E-state index contributed by atoms with van der Waals surface area (Å²) in [7, 11) is 0. The van der Waals surface area contributed by atoms with Gasteiger partial charge < -0.3 is 10.3 Å². The lowest BCUT2D eigenvalue weighted by atomic mass is 9.96. The SMILES string of the molecule is Cc1nc([C@H]2CCCN(Cc3ccc4[nH]ccc4c3)C2)ncc1C(=O)NCc1ccccc1. The van der Waals surface area contributed by atoms with Gasteiger partial charge in [-0.25, -0.2) is 9.97 Å². The molecule has 0 bridgehead atoms. The predicted molar refractivity (Wildman–Crippen MR) is 130 cm³/mol. The molecular formula is C27H29N5O. The average molecular weight is 440 g/mol. The molecule has 33 heavy (non-hydrogen) atoms. The molecule has 4 aromatic rings. The average Bonchev–Trinajstić information content (AvgIpc) is 3.31. The minimum Gasteiger partial charge on any atom is -0.361 e. The molecule has 2 aromatic carbocycles. The van der Waals surface area contributed by atoms with E-state index in [-0.39, 0.29) is 11.8 Å². The molecule has 0 spiro atoms. The van der Waals surface area contributed by atoms with Crippen LogP contribution < -0.4 is 5.32 Å². The molecule has 1 aliphatic rings. The second kappa shape index (κ2) is 9.55. The van der Waals surface area contributed by atoms with Gasteiger partial charge in [0.25, 0.3) is 5.91 Å². The number of fused-ring (bicyclic) bond motifs is 1. The number of carbonyl (C=O) groups is 1. The van der Waals surface area contributed by atoms with Crippen LogP contribution in [-0.2, 0) is 13.1 Å². The monoisotopic (exact) mass is 439 g/mol. The van der Waals surface area contributed by atoms with Crippen molar-refractivity contribution in [2.24, 2.45) is 0 Å². The number of hydrogen-bond donors (Lipinski definition) is 2. The zero-order chi connectivity index (χ0) is 22.6. The predicted octanol–water partition coefficient (Wildman–Crippen LogP) is 4.58. The van der Waals surface area contributed by atoms with Crippen molar-refractivity contribution in [3.63, 3.8) is 0 Å². The van der Waals surface area contributed by atoms with E-state index in [4.69, 9.17) is 4.98 Å². The molecule has 168 valence electrons. The summed E-state index contributed by atoms with van der Waals surface area (Å²) in [5.41, 5.74) is 4.85. The Morgan fingerprint density at radius 1 is 1.15 bits per heavy atom. The molecule has 2 N–H and O–H groups in total. The minimum atomic E-state index is -0.131. The highest BCUT2D eigenvalue weighted by atomic mass is 16.1. The minimum absolute atomic E-state index is 0.131. The molecule has 1 amide bonds. The molecule has 1 fully saturated rings. The molecule has 1 atom stereocenters.